The Morgan fingerprint density at radius 2 is 2.12 bits per heavy atom. The lowest BCUT2D eigenvalue weighted by atomic mass is 10.1. The number of para-hydroxylation sites is 1. The minimum Gasteiger partial charge on any atom is -0.387 e. The van der Waals surface area contributed by atoms with E-state index in [2.05, 4.69) is 10.3 Å². The van der Waals surface area contributed by atoms with Crippen LogP contribution >= 0.6 is 11.3 Å². The van der Waals surface area contributed by atoms with Gasteiger partial charge in [-0.1, -0.05) is 18.2 Å². The van der Waals surface area contributed by atoms with Crippen LogP contribution in [0.1, 0.15) is 21.5 Å². The Labute approximate surface area is 148 Å². The summed E-state index contributed by atoms with van der Waals surface area (Å²) in [6.07, 6.45) is 1.22. The number of aromatic nitrogens is 2. The number of benzene rings is 2. The Balaban J connectivity index is 1.46. The van der Waals surface area contributed by atoms with E-state index >= 15 is 0 Å². The van der Waals surface area contributed by atoms with Crippen LogP contribution in [0.25, 0.3) is 21.1 Å². The van der Waals surface area contributed by atoms with E-state index in [1.165, 1.54) is 11.3 Å². The van der Waals surface area contributed by atoms with Crippen molar-refractivity contribution in [2.75, 3.05) is 6.54 Å². The van der Waals surface area contributed by atoms with Crippen LogP contribution in [0, 0.1) is 0 Å². The number of rotatable bonds is 4. The fourth-order valence-corrected chi connectivity index (χ4v) is 3.74. The Morgan fingerprint density at radius 3 is 2.96 bits per heavy atom. The highest BCUT2D eigenvalue weighted by Crippen LogP contribution is 2.23. The van der Waals surface area contributed by atoms with Gasteiger partial charge in [-0.25, -0.2) is 4.98 Å². The van der Waals surface area contributed by atoms with Crippen molar-refractivity contribution < 1.29 is 9.90 Å². The fourth-order valence-electron chi connectivity index (χ4n) is 2.86. The van der Waals surface area contributed by atoms with E-state index in [0.29, 0.717) is 5.01 Å². The van der Waals surface area contributed by atoms with Gasteiger partial charge in [-0.2, -0.15) is 0 Å². The zero-order chi connectivity index (χ0) is 17.4. The highest BCUT2D eigenvalue weighted by atomic mass is 32.1. The van der Waals surface area contributed by atoms with Crippen molar-refractivity contribution in [1.29, 1.82) is 0 Å². The van der Waals surface area contributed by atoms with Crippen molar-refractivity contribution in [3.8, 4) is 0 Å². The van der Waals surface area contributed by atoms with Gasteiger partial charge in [0.15, 0.2) is 5.01 Å². The summed E-state index contributed by atoms with van der Waals surface area (Å²) in [5.74, 6) is -0.263. The molecule has 25 heavy (non-hydrogen) atoms. The minimum atomic E-state index is -0.761. The van der Waals surface area contributed by atoms with E-state index < -0.39 is 6.10 Å². The molecule has 0 fully saturated rings. The lowest BCUT2D eigenvalue weighted by Crippen LogP contribution is -2.28. The van der Waals surface area contributed by atoms with Crippen molar-refractivity contribution in [3.63, 3.8) is 0 Å². The molecule has 2 aromatic heterocycles. The van der Waals surface area contributed by atoms with Crippen LogP contribution in [0.2, 0.25) is 0 Å². The van der Waals surface area contributed by atoms with Crippen molar-refractivity contribution in [1.82, 2.24) is 14.9 Å². The molecule has 0 bridgehead atoms. The number of aliphatic hydroxyl groups excluding tert-OH is 1. The first-order chi connectivity index (χ1) is 12.1. The maximum absolute atomic E-state index is 12.3. The van der Waals surface area contributed by atoms with E-state index in [1.807, 2.05) is 66.3 Å². The lowest BCUT2D eigenvalue weighted by molar-refractivity contribution is 0.0916. The molecule has 2 N–H and O–H groups in total. The highest BCUT2D eigenvalue weighted by Gasteiger charge is 2.15. The molecule has 0 saturated heterocycles. The fraction of sp³-hybridized carbons (Fsp3) is 0.158. The summed E-state index contributed by atoms with van der Waals surface area (Å²) in [4.78, 5) is 16.6. The lowest BCUT2D eigenvalue weighted by Gasteiger charge is -2.12. The van der Waals surface area contributed by atoms with Gasteiger partial charge >= 0.3 is 0 Å². The molecule has 4 rings (SSSR count). The van der Waals surface area contributed by atoms with E-state index in [1.54, 1.807) is 0 Å². The van der Waals surface area contributed by atoms with Crippen molar-refractivity contribution in [3.05, 3.63) is 65.3 Å². The van der Waals surface area contributed by atoms with E-state index in [9.17, 15) is 9.90 Å². The Bertz CT molecular complexity index is 1030. The molecule has 1 unspecified atom stereocenters. The SMILES string of the molecule is Cn1ccc2cc(C(O)CNC(=O)c3nc4ccccc4s3)ccc21. The predicted octanol–water partition coefficient (Wildman–Crippen LogP) is 3.25. The molecule has 6 heteroatoms. The first-order valence-corrected chi connectivity index (χ1v) is 8.80. The average Bonchev–Trinajstić information content (AvgIpc) is 3.23. The monoisotopic (exact) mass is 351 g/mol. The first-order valence-electron chi connectivity index (χ1n) is 7.98. The standard InChI is InChI=1S/C19H17N3O2S/c1-22-9-8-12-10-13(6-7-15(12)22)16(23)11-20-18(24)19-21-14-4-2-3-5-17(14)25-19/h2-10,16,23H,11H2,1H3,(H,20,24). The number of hydrogen-bond donors (Lipinski definition) is 2. The van der Waals surface area contributed by atoms with Gasteiger partial charge in [0.05, 0.1) is 16.3 Å². The van der Waals surface area contributed by atoms with Gasteiger partial charge in [0.1, 0.15) is 0 Å². The maximum atomic E-state index is 12.3. The molecule has 2 aromatic carbocycles. The number of fused-ring (bicyclic) bond motifs is 2. The molecule has 0 saturated carbocycles. The molecule has 5 nitrogen and oxygen atoms in total. The molecule has 0 aliphatic carbocycles. The van der Waals surface area contributed by atoms with E-state index in [4.69, 9.17) is 0 Å². The molecular weight excluding hydrogens is 334 g/mol. The van der Waals surface area contributed by atoms with Gasteiger partial charge in [-0.05, 0) is 41.3 Å². The van der Waals surface area contributed by atoms with Crippen LogP contribution in [0.3, 0.4) is 0 Å². The van der Waals surface area contributed by atoms with Crippen LogP contribution in [-0.2, 0) is 7.05 Å². The molecule has 4 aromatic rings. The number of aliphatic hydroxyl groups is 1. The largest absolute Gasteiger partial charge is 0.387 e. The summed E-state index contributed by atoms with van der Waals surface area (Å²) >= 11 is 1.35. The van der Waals surface area contributed by atoms with Crippen LogP contribution in [0.15, 0.2) is 54.7 Å². The van der Waals surface area contributed by atoms with Gasteiger partial charge < -0.3 is 15.0 Å². The molecular formula is C19H17N3O2S. The van der Waals surface area contributed by atoms with Crippen LogP contribution < -0.4 is 5.32 Å². The Hall–Kier alpha value is -2.70. The third-order valence-electron chi connectivity index (χ3n) is 4.24. The third kappa shape index (κ3) is 3.01. The molecule has 1 atom stereocenters. The molecule has 126 valence electrons. The summed E-state index contributed by atoms with van der Waals surface area (Å²) in [6, 6.07) is 15.5. The number of nitrogens with one attached hydrogen (secondary N) is 1. The van der Waals surface area contributed by atoms with Gasteiger partial charge in [-0.15, -0.1) is 11.3 Å². The van der Waals surface area contributed by atoms with Gasteiger partial charge in [0.25, 0.3) is 5.91 Å². The number of carbonyl (C=O) groups excluding carboxylic acids is 1. The zero-order valence-corrected chi connectivity index (χ0v) is 14.5. The van der Waals surface area contributed by atoms with E-state index in [-0.39, 0.29) is 12.5 Å². The summed E-state index contributed by atoms with van der Waals surface area (Å²) in [7, 11) is 1.98. The number of amides is 1. The normalized spacial score (nSPS) is 12.6. The molecule has 0 aliphatic rings. The number of hydrogen-bond acceptors (Lipinski definition) is 4. The van der Waals surface area contributed by atoms with Crippen LogP contribution in [0.4, 0.5) is 0 Å². The smallest absolute Gasteiger partial charge is 0.280 e. The average molecular weight is 351 g/mol. The predicted molar refractivity (Wildman–Crippen MR) is 99.8 cm³/mol. The quantitative estimate of drug-likeness (QED) is 0.593. The molecule has 1 amide bonds. The zero-order valence-electron chi connectivity index (χ0n) is 13.6. The number of aryl methyl sites for hydroxylation is 1. The second-order valence-corrected chi connectivity index (χ2v) is 6.99. The molecule has 0 radical (unpaired) electrons. The Kier molecular flexibility index (Phi) is 3.99. The van der Waals surface area contributed by atoms with E-state index in [0.717, 1.165) is 26.7 Å². The van der Waals surface area contributed by atoms with Crippen molar-refractivity contribution >= 4 is 38.4 Å². The summed E-state index contributed by atoms with van der Waals surface area (Å²) < 4.78 is 3.00. The molecule has 2 heterocycles. The summed E-state index contributed by atoms with van der Waals surface area (Å²) in [5, 5.41) is 14.6. The highest BCUT2D eigenvalue weighted by molar-refractivity contribution is 7.20. The van der Waals surface area contributed by atoms with Gasteiger partial charge in [0, 0.05) is 25.3 Å². The first kappa shape index (κ1) is 15.8. The van der Waals surface area contributed by atoms with Crippen molar-refractivity contribution in [2.24, 2.45) is 7.05 Å². The Morgan fingerprint density at radius 1 is 1.28 bits per heavy atom. The van der Waals surface area contributed by atoms with Gasteiger partial charge in [0.2, 0.25) is 0 Å². The minimum absolute atomic E-state index is 0.146. The maximum Gasteiger partial charge on any atom is 0.280 e. The van der Waals surface area contributed by atoms with Gasteiger partial charge in [-0.3, -0.25) is 4.79 Å². The topological polar surface area (TPSA) is 67.2 Å². The molecule has 0 aliphatic heterocycles. The summed E-state index contributed by atoms with van der Waals surface area (Å²) in [5.41, 5.74) is 2.70. The van der Waals surface area contributed by atoms with Crippen LogP contribution in [0.5, 0.6) is 0 Å². The van der Waals surface area contributed by atoms with Crippen molar-refractivity contribution in [2.45, 2.75) is 6.10 Å². The number of carbonyl (C=O) groups is 1. The second kappa shape index (κ2) is 6.31. The second-order valence-electron chi connectivity index (χ2n) is 5.96. The third-order valence-corrected chi connectivity index (χ3v) is 5.27. The number of nitrogens with zero attached hydrogens (tertiary/aromatic N) is 2. The van der Waals surface area contributed by atoms with Crippen LogP contribution in [-0.4, -0.2) is 27.1 Å². The molecule has 0 spiro atoms. The summed E-state index contributed by atoms with van der Waals surface area (Å²) in [6.45, 7) is 0.146. The number of thiazole rings is 1.